The van der Waals surface area contributed by atoms with Crippen LogP contribution in [0.1, 0.15) is 0 Å². The third-order valence-corrected chi connectivity index (χ3v) is 6.37. The minimum absolute atomic E-state index is 1.58. The Morgan fingerprint density at radius 1 is 0.562 bits per heavy atom. The second-order valence-electron chi connectivity index (χ2n) is 2.61. The fourth-order valence-electron chi connectivity index (χ4n) is 0.674. The minimum atomic E-state index is -2.28. The van der Waals surface area contributed by atoms with Crippen molar-refractivity contribution in [2.24, 2.45) is 0 Å². The van der Waals surface area contributed by atoms with Gasteiger partial charge in [-0.05, 0) is 0 Å². The van der Waals surface area contributed by atoms with E-state index in [9.17, 15) is 0 Å². The van der Waals surface area contributed by atoms with Gasteiger partial charge >= 0.3 is 0 Å². The van der Waals surface area contributed by atoms with Gasteiger partial charge in [-0.1, -0.05) is 104 Å². The highest BCUT2D eigenvalue weighted by atomic mass is 35.6. The quantitative estimate of drug-likeness (QED) is 0.391. The van der Waals surface area contributed by atoms with E-state index in [0.717, 1.165) is 0 Å². The van der Waals surface area contributed by atoms with Crippen LogP contribution in [0.4, 0.5) is 0 Å². The van der Waals surface area contributed by atoms with Crippen molar-refractivity contribution in [3.63, 3.8) is 0 Å². The van der Waals surface area contributed by atoms with Crippen LogP contribution < -0.4 is 0 Å². The molecule has 0 fully saturated rings. The lowest BCUT2D eigenvalue weighted by Gasteiger charge is -2.44. The number of halogens is 11. The second-order valence-corrected chi connectivity index (χ2v) is 10.6. The Bertz CT molecular complexity index is 227. The molecule has 1 unspecified atom stereocenters. The Kier molecular flexibility index (Phi) is 7.07. The first-order chi connectivity index (χ1) is 6.65. The SMILES string of the molecule is ClC(C(Cl)(Cl)Cl)C(Cl)(C(Cl)(Cl)Cl)C(Cl)(Cl)Cl. The molecule has 0 nitrogen and oxygen atoms in total. The minimum Gasteiger partial charge on any atom is -0.116 e. The largest absolute Gasteiger partial charge is 0.215 e. The highest BCUT2D eigenvalue weighted by Crippen LogP contribution is 2.61. The number of hydrogen-bond acceptors (Lipinski definition) is 0. The molecular weight excluding hydrogens is 450 g/mol. The van der Waals surface area contributed by atoms with E-state index in [1.165, 1.54) is 0 Å². The molecule has 0 aromatic carbocycles. The molecule has 0 saturated heterocycles. The second kappa shape index (κ2) is 5.90. The van der Waals surface area contributed by atoms with Gasteiger partial charge in [0.2, 0.25) is 11.4 Å². The molecule has 0 radical (unpaired) electrons. The molecule has 0 bridgehead atoms. The van der Waals surface area contributed by atoms with Gasteiger partial charge in [0.15, 0.2) is 4.87 Å². The van der Waals surface area contributed by atoms with Gasteiger partial charge in [-0.3, -0.25) is 0 Å². The molecule has 0 aromatic heterocycles. The first-order valence-electron chi connectivity index (χ1n) is 3.19. The van der Waals surface area contributed by atoms with E-state index in [-0.39, 0.29) is 0 Å². The van der Waals surface area contributed by atoms with Crippen molar-refractivity contribution in [3.8, 4) is 0 Å². The van der Waals surface area contributed by atoms with Gasteiger partial charge in [0.1, 0.15) is 5.38 Å². The van der Waals surface area contributed by atoms with Crippen molar-refractivity contribution in [2.45, 2.75) is 21.6 Å². The lowest BCUT2D eigenvalue weighted by atomic mass is 10.1. The third-order valence-electron chi connectivity index (χ3n) is 1.46. The summed E-state index contributed by atoms with van der Waals surface area (Å²) in [5.74, 6) is 0. The highest BCUT2D eigenvalue weighted by molar-refractivity contribution is 6.80. The molecule has 0 aromatic rings. The fraction of sp³-hybridized carbons (Fsp3) is 1.00. The van der Waals surface area contributed by atoms with Gasteiger partial charge in [-0.25, -0.2) is 0 Å². The van der Waals surface area contributed by atoms with E-state index >= 15 is 0 Å². The van der Waals surface area contributed by atoms with Crippen molar-refractivity contribution >= 4 is 128 Å². The van der Waals surface area contributed by atoms with E-state index in [1.807, 2.05) is 0 Å². The summed E-state index contributed by atoms with van der Waals surface area (Å²) in [6.45, 7) is 0. The molecule has 0 rings (SSSR count). The Balaban J connectivity index is 5.63. The van der Waals surface area contributed by atoms with Crippen LogP contribution in [0.15, 0.2) is 0 Å². The van der Waals surface area contributed by atoms with E-state index in [2.05, 4.69) is 0 Å². The molecule has 0 N–H and O–H groups in total. The van der Waals surface area contributed by atoms with E-state index in [1.54, 1.807) is 0 Å². The van der Waals surface area contributed by atoms with Crippen LogP contribution >= 0.6 is 128 Å². The van der Waals surface area contributed by atoms with E-state index in [0.29, 0.717) is 0 Å². The van der Waals surface area contributed by atoms with Gasteiger partial charge in [-0.2, -0.15) is 0 Å². The summed E-state index contributed by atoms with van der Waals surface area (Å²) in [6.07, 6.45) is 0. The van der Waals surface area contributed by atoms with Crippen LogP contribution in [0.25, 0.3) is 0 Å². The van der Waals surface area contributed by atoms with Crippen molar-refractivity contribution in [3.05, 3.63) is 0 Å². The molecule has 16 heavy (non-hydrogen) atoms. The zero-order valence-corrected chi connectivity index (χ0v) is 15.1. The summed E-state index contributed by atoms with van der Waals surface area (Å²) < 4.78 is -6.66. The van der Waals surface area contributed by atoms with Gasteiger partial charge in [0, 0.05) is 0 Å². The molecule has 0 spiro atoms. The molecule has 0 heterocycles. The molecule has 0 aliphatic rings. The first-order valence-corrected chi connectivity index (χ1v) is 7.40. The summed E-state index contributed by atoms with van der Waals surface area (Å²) in [5, 5.41) is -1.58. The van der Waals surface area contributed by atoms with Gasteiger partial charge in [-0.15, -0.1) is 23.2 Å². The molecule has 0 aliphatic heterocycles. The molecule has 0 aliphatic carbocycles. The zero-order valence-electron chi connectivity index (χ0n) is 6.73. The van der Waals surface area contributed by atoms with E-state index in [4.69, 9.17) is 128 Å². The highest BCUT2D eigenvalue weighted by Gasteiger charge is 2.68. The molecule has 1 atom stereocenters. The number of alkyl halides is 11. The maximum absolute atomic E-state index is 5.95. The lowest BCUT2D eigenvalue weighted by Crippen LogP contribution is -2.59. The van der Waals surface area contributed by atoms with Crippen molar-refractivity contribution in [2.75, 3.05) is 0 Å². The molecular formula is C5HCl11. The van der Waals surface area contributed by atoms with Crippen LogP contribution in [0.2, 0.25) is 0 Å². The van der Waals surface area contributed by atoms with Crippen molar-refractivity contribution in [1.29, 1.82) is 0 Å². The number of hydrogen-bond donors (Lipinski definition) is 0. The smallest absolute Gasteiger partial charge is 0.116 e. The number of rotatable bonds is 1. The average molecular weight is 451 g/mol. The van der Waals surface area contributed by atoms with Gasteiger partial charge < -0.3 is 0 Å². The zero-order chi connectivity index (χ0) is 13.6. The van der Waals surface area contributed by atoms with Crippen LogP contribution in [0, 0.1) is 0 Å². The lowest BCUT2D eigenvalue weighted by molar-refractivity contribution is 0.561. The maximum Gasteiger partial charge on any atom is 0.215 e. The molecule has 98 valence electrons. The molecule has 0 amide bonds. The first kappa shape index (κ1) is 19.2. The topological polar surface area (TPSA) is 0 Å². The molecule has 11 heteroatoms. The standard InChI is InChI=1S/C5HCl11/c6-1(3(8,9)10)2(7,4(11,12)13)5(14,15)16/h1H. The Morgan fingerprint density at radius 3 is 0.875 bits per heavy atom. The normalized spacial score (nSPS) is 17.4. The Hall–Kier alpha value is 3.19. The third kappa shape index (κ3) is 4.09. The van der Waals surface area contributed by atoms with Crippen molar-refractivity contribution in [1.82, 2.24) is 0 Å². The predicted molar refractivity (Wildman–Crippen MR) is 79.1 cm³/mol. The summed E-state index contributed by atoms with van der Waals surface area (Å²) in [5.41, 5.74) is 0. The van der Waals surface area contributed by atoms with Crippen molar-refractivity contribution < 1.29 is 0 Å². The summed E-state index contributed by atoms with van der Waals surface area (Å²) in [4.78, 5) is -2.25. The monoisotopic (exact) mass is 446 g/mol. The summed E-state index contributed by atoms with van der Waals surface area (Å²) in [7, 11) is 0. The molecule has 0 saturated carbocycles. The van der Waals surface area contributed by atoms with Crippen LogP contribution in [-0.2, 0) is 0 Å². The predicted octanol–water partition coefficient (Wildman–Crippen LogP) is 6.68. The van der Waals surface area contributed by atoms with Crippen LogP contribution in [0.5, 0.6) is 0 Å². The van der Waals surface area contributed by atoms with Gasteiger partial charge in [0.05, 0.1) is 0 Å². The van der Waals surface area contributed by atoms with Crippen LogP contribution in [-0.4, -0.2) is 21.6 Å². The summed E-state index contributed by atoms with van der Waals surface area (Å²) >= 11 is 62.0. The van der Waals surface area contributed by atoms with Crippen LogP contribution in [0.3, 0.4) is 0 Å². The fourth-order valence-corrected chi connectivity index (χ4v) is 4.10. The summed E-state index contributed by atoms with van der Waals surface area (Å²) in [6, 6.07) is 0. The maximum atomic E-state index is 5.95. The van der Waals surface area contributed by atoms with E-state index < -0.39 is 21.6 Å². The Labute approximate surface area is 148 Å². The van der Waals surface area contributed by atoms with Gasteiger partial charge in [0.25, 0.3) is 0 Å². The average Bonchev–Trinajstić information content (AvgIpc) is 1.95. The Morgan fingerprint density at radius 2 is 0.812 bits per heavy atom.